The average Bonchev–Trinajstić information content (AvgIpc) is 3.13. The van der Waals surface area contributed by atoms with Crippen LogP contribution in [0.4, 0.5) is 22.7 Å². The molecule has 54 heavy (non-hydrogen) atoms. The van der Waals surface area contributed by atoms with E-state index in [0.717, 1.165) is 33.6 Å². The maximum atomic E-state index is 14.2. The number of anilines is 4. The Hall–Kier alpha value is -6.16. The molecule has 0 fully saturated rings. The number of carbonyl (C=O) groups excluding carboxylic acids is 4. The van der Waals surface area contributed by atoms with E-state index >= 15 is 0 Å². The van der Waals surface area contributed by atoms with Crippen molar-refractivity contribution in [2.75, 3.05) is 37.1 Å². The van der Waals surface area contributed by atoms with Gasteiger partial charge in [-0.1, -0.05) is 37.4 Å². The maximum Gasteiger partial charge on any atom is 0.333 e. The topological polar surface area (TPSA) is 129 Å². The molecule has 280 valence electrons. The first-order valence-electron chi connectivity index (χ1n) is 17.8. The minimum atomic E-state index is -0.425. The van der Waals surface area contributed by atoms with Crippen LogP contribution in [-0.4, -0.2) is 49.9 Å². The number of rotatable bonds is 16. The van der Waals surface area contributed by atoms with Gasteiger partial charge in [-0.3, -0.25) is 9.59 Å². The average molecular weight is 731 g/mol. The van der Waals surface area contributed by atoms with Gasteiger partial charge in [-0.25, -0.2) is 9.59 Å². The minimum absolute atomic E-state index is 0.228. The number of nitrogens with one attached hydrogen (secondary N) is 2. The highest BCUT2D eigenvalue weighted by atomic mass is 16.5. The van der Waals surface area contributed by atoms with Crippen LogP contribution < -0.4 is 20.1 Å². The first-order valence-corrected chi connectivity index (χ1v) is 17.8. The van der Waals surface area contributed by atoms with E-state index in [-0.39, 0.29) is 35.9 Å². The quantitative estimate of drug-likeness (QED) is 0.0577. The van der Waals surface area contributed by atoms with E-state index in [1.54, 1.807) is 38.1 Å². The van der Waals surface area contributed by atoms with Crippen LogP contribution in [0.1, 0.15) is 80.8 Å². The van der Waals surface area contributed by atoms with E-state index in [1.165, 1.54) is 0 Å². The van der Waals surface area contributed by atoms with Gasteiger partial charge in [-0.15, -0.1) is 0 Å². The molecule has 0 radical (unpaired) electrons. The summed E-state index contributed by atoms with van der Waals surface area (Å²) in [6.45, 7) is 19.3. The Labute approximate surface area is 316 Å². The fourth-order valence-corrected chi connectivity index (χ4v) is 6.18. The summed E-state index contributed by atoms with van der Waals surface area (Å²) in [5.41, 5.74) is 8.09. The molecule has 5 rings (SSSR count). The van der Waals surface area contributed by atoms with E-state index in [2.05, 4.69) is 23.8 Å². The normalized spacial score (nSPS) is 11.6. The fourth-order valence-electron chi connectivity index (χ4n) is 6.18. The molecule has 1 aliphatic rings. The van der Waals surface area contributed by atoms with E-state index in [0.29, 0.717) is 71.2 Å². The van der Waals surface area contributed by atoms with Crippen LogP contribution in [0.2, 0.25) is 0 Å². The van der Waals surface area contributed by atoms with Crippen molar-refractivity contribution in [3.63, 3.8) is 0 Å². The molecule has 1 aliphatic carbocycles. The van der Waals surface area contributed by atoms with Crippen molar-refractivity contribution in [2.45, 2.75) is 54.4 Å². The number of ketones is 2. The van der Waals surface area contributed by atoms with Crippen molar-refractivity contribution >= 4 is 46.3 Å². The van der Waals surface area contributed by atoms with Crippen molar-refractivity contribution in [2.24, 2.45) is 0 Å². The smallest absolute Gasteiger partial charge is 0.333 e. The van der Waals surface area contributed by atoms with Crippen LogP contribution >= 0.6 is 0 Å². The Kier molecular flexibility index (Phi) is 12.4. The predicted molar refractivity (Wildman–Crippen MR) is 210 cm³/mol. The van der Waals surface area contributed by atoms with Gasteiger partial charge in [0.05, 0.1) is 48.9 Å². The van der Waals surface area contributed by atoms with E-state index < -0.39 is 11.9 Å². The van der Waals surface area contributed by atoms with Crippen molar-refractivity contribution in [1.82, 2.24) is 0 Å². The number of carbonyl (C=O) groups is 4. The largest absolute Gasteiger partial charge is 0.493 e. The summed E-state index contributed by atoms with van der Waals surface area (Å²) in [5, 5.41) is 6.94. The summed E-state index contributed by atoms with van der Waals surface area (Å²) in [4.78, 5) is 51.7. The number of hydrogen-bond acceptors (Lipinski definition) is 10. The zero-order valence-electron chi connectivity index (χ0n) is 31.7. The van der Waals surface area contributed by atoms with Crippen molar-refractivity contribution in [1.29, 1.82) is 0 Å². The molecule has 0 atom stereocenters. The molecule has 0 heterocycles. The molecule has 0 amide bonds. The van der Waals surface area contributed by atoms with Crippen LogP contribution in [0, 0.1) is 27.7 Å². The lowest BCUT2D eigenvalue weighted by Crippen LogP contribution is -2.23. The van der Waals surface area contributed by atoms with E-state index in [9.17, 15) is 19.2 Å². The van der Waals surface area contributed by atoms with Gasteiger partial charge in [0.15, 0.2) is 11.6 Å². The predicted octanol–water partition coefficient (Wildman–Crippen LogP) is 8.96. The molecule has 0 aromatic heterocycles. The Morgan fingerprint density at radius 3 is 1.26 bits per heavy atom. The first-order chi connectivity index (χ1) is 25.8. The molecule has 10 nitrogen and oxygen atoms in total. The van der Waals surface area contributed by atoms with Gasteiger partial charge in [-0.2, -0.15) is 0 Å². The second-order valence-corrected chi connectivity index (χ2v) is 13.5. The van der Waals surface area contributed by atoms with E-state index in [1.807, 2.05) is 64.1 Å². The molecule has 10 heteroatoms. The van der Waals surface area contributed by atoms with Gasteiger partial charge in [0, 0.05) is 46.5 Å². The van der Waals surface area contributed by atoms with Gasteiger partial charge in [0.25, 0.3) is 0 Å². The minimum Gasteiger partial charge on any atom is -0.493 e. The SMILES string of the molecule is C=C(C)C(=O)OCCCOc1cc(C)c(Nc2ccc(Nc3c(C)cc(OCCCOC(=O)C(=C)C)cc3C)c3c2C(=O)c2ccccc2C3=O)c(C)c1. The first kappa shape index (κ1) is 39.1. The highest BCUT2D eigenvalue weighted by Gasteiger charge is 2.34. The van der Waals surface area contributed by atoms with Crippen LogP contribution in [0.25, 0.3) is 0 Å². The van der Waals surface area contributed by atoms with Crippen molar-refractivity contribution < 1.29 is 38.1 Å². The third-order valence-corrected chi connectivity index (χ3v) is 8.89. The molecule has 0 unspecified atom stereocenters. The number of benzene rings is 4. The summed E-state index contributed by atoms with van der Waals surface area (Å²) >= 11 is 0. The number of ether oxygens (including phenoxy) is 4. The Morgan fingerprint density at radius 1 is 0.574 bits per heavy atom. The fraction of sp³-hybridized carbons (Fsp3) is 0.273. The summed E-state index contributed by atoms with van der Waals surface area (Å²) in [6, 6.07) is 18.1. The summed E-state index contributed by atoms with van der Waals surface area (Å²) < 4.78 is 22.2. The number of esters is 2. The lowest BCUT2D eigenvalue weighted by atomic mass is 9.82. The summed E-state index contributed by atoms with van der Waals surface area (Å²) in [6.07, 6.45) is 1.04. The van der Waals surface area contributed by atoms with E-state index in [4.69, 9.17) is 18.9 Å². The highest BCUT2D eigenvalue weighted by molar-refractivity contribution is 6.32. The zero-order valence-corrected chi connectivity index (χ0v) is 31.7. The van der Waals surface area contributed by atoms with Crippen LogP contribution in [-0.2, 0) is 19.1 Å². The van der Waals surface area contributed by atoms with Crippen molar-refractivity contribution in [3.05, 3.63) is 129 Å². The van der Waals surface area contributed by atoms with Crippen LogP contribution in [0.5, 0.6) is 11.5 Å². The molecule has 0 aliphatic heterocycles. The molecule has 0 bridgehead atoms. The molecule has 4 aromatic carbocycles. The number of aryl methyl sites for hydroxylation is 4. The Morgan fingerprint density at radius 2 is 0.926 bits per heavy atom. The molecular formula is C44H46N2O8. The van der Waals surface area contributed by atoms with Crippen LogP contribution in [0.15, 0.2) is 85.0 Å². The Balaban J connectivity index is 1.38. The molecular weight excluding hydrogens is 684 g/mol. The zero-order chi connectivity index (χ0) is 39.1. The third kappa shape index (κ3) is 8.89. The summed E-state index contributed by atoms with van der Waals surface area (Å²) in [5.74, 6) is -0.0259. The third-order valence-electron chi connectivity index (χ3n) is 8.89. The standard InChI is InChI=1S/C44H46N2O8/c1-25(2)43(49)53-19-11-17-51-31-21-27(5)39(28(6)22-31)45-35-15-16-36(38-37(35)41(47)33-13-9-10-14-34(33)42(38)48)46-40-29(7)23-32(24-30(40)8)52-18-12-20-54-44(50)26(3)4/h9-10,13-16,21-24,45-46H,1,3,11-12,17-20H2,2,4-8H3. The monoisotopic (exact) mass is 730 g/mol. The molecule has 0 spiro atoms. The number of hydrogen-bond donors (Lipinski definition) is 2. The van der Waals surface area contributed by atoms with Gasteiger partial charge >= 0.3 is 11.9 Å². The van der Waals surface area contributed by atoms with Gasteiger partial charge in [-0.05, 0) is 100 Å². The lowest BCUT2D eigenvalue weighted by Gasteiger charge is -2.25. The molecule has 0 saturated carbocycles. The second kappa shape index (κ2) is 17.1. The molecule has 2 N–H and O–H groups in total. The highest BCUT2D eigenvalue weighted by Crippen LogP contribution is 2.41. The van der Waals surface area contributed by atoms with Gasteiger partial charge < -0.3 is 29.6 Å². The summed E-state index contributed by atoms with van der Waals surface area (Å²) in [7, 11) is 0. The second-order valence-electron chi connectivity index (χ2n) is 13.5. The molecule has 4 aromatic rings. The van der Waals surface area contributed by atoms with Crippen molar-refractivity contribution in [3.8, 4) is 11.5 Å². The van der Waals surface area contributed by atoms with Crippen LogP contribution in [0.3, 0.4) is 0 Å². The maximum absolute atomic E-state index is 14.2. The van der Waals surface area contributed by atoms with Gasteiger partial charge in [0.2, 0.25) is 0 Å². The van der Waals surface area contributed by atoms with Gasteiger partial charge in [0.1, 0.15) is 11.5 Å². The lowest BCUT2D eigenvalue weighted by molar-refractivity contribution is -0.140. The number of fused-ring (bicyclic) bond motifs is 2. The molecule has 0 saturated heterocycles. The Bertz CT molecular complexity index is 1970.